The summed E-state index contributed by atoms with van der Waals surface area (Å²) < 4.78 is 16.7. The van der Waals surface area contributed by atoms with Gasteiger partial charge >= 0.3 is 5.97 Å². The van der Waals surface area contributed by atoms with Crippen molar-refractivity contribution in [2.45, 2.75) is 4.90 Å². The largest absolute Gasteiger partial charge is 0.478 e. The van der Waals surface area contributed by atoms with Crippen molar-refractivity contribution in [1.82, 2.24) is 5.32 Å². The normalized spacial score (nSPS) is 11.8. The minimum atomic E-state index is -1.56. The highest BCUT2D eigenvalue weighted by molar-refractivity contribution is 7.85. The highest BCUT2D eigenvalue weighted by Gasteiger charge is 2.12. The SMILES string of the molecule is COCCNC(=O)CS(=O)c1cccc(C(=O)O)c1. The third kappa shape index (κ3) is 5.19. The second-order valence-corrected chi connectivity index (χ2v) is 5.12. The third-order valence-electron chi connectivity index (χ3n) is 2.23. The Morgan fingerprint density at radius 1 is 1.42 bits per heavy atom. The number of amides is 1. The Balaban J connectivity index is 2.60. The number of aromatic carboxylic acids is 1. The van der Waals surface area contributed by atoms with Crippen molar-refractivity contribution in [3.63, 3.8) is 0 Å². The van der Waals surface area contributed by atoms with E-state index in [-0.39, 0.29) is 17.2 Å². The van der Waals surface area contributed by atoms with E-state index in [1.807, 2.05) is 0 Å². The first-order valence-electron chi connectivity index (χ1n) is 5.52. The number of hydrogen-bond acceptors (Lipinski definition) is 4. The van der Waals surface area contributed by atoms with E-state index in [4.69, 9.17) is 9.84 Å². The summed E-state index contributed by atoms with van der Waals surface area (Å²) >= 11 is 0. The minimum absolute atomic E-state index is 0.0469. The molecule has 104 valence electrons. The Labute approximate surface area is 113 Å². The molecule has 0 aliphatic rings. The van der Waals surface area contributed by atoms with Crippen LogP contribution in [-0.4, -0.2) is 47.2 Å². The van der Waals surface area contributed by atoms with Crippen molar-refractivity contribution >= 4 is 22.7 Å². The molecule has 0 aromatic heterocycles. The standard InChI is InChI=1S/C12H15NO5S/c1-18-6-5-13-11(14)8-19(17)10-4-2-3-9(7-10)12(15)16/h2-4,7H,5-6,8H2,1H3,(H,13,14)(H,15,16). The highest BCUT2D eigenvalue weighted by atomic mass is 32.2. The van der Waals surface area contributed by atoms with E-state index >= 15 is 0 Å². The summed E-state index contributed by atoms with van der Waals surface area (Å²) in [5.74, 6) is -1.66. The summed E-state index contributed by atoms with van der Waals surface area (Å²) in [6, 6.07) is 5.74. The molecule has 0 radical (unpaired) electrons. The Hall–Kier alpha value is -1.73. The molecule has 0 bridgehead atoms. The molecular formula is C12H15NO5S. The molecule has 0 heterocycles. The van der Waals surface area contributed by atoms with Gasteiger partial charge in [0.15, 0.2) is 0 Å². The lowest BCUT2D eigenvalue weighted by Crippen LogP contribution is -2.31. The van der Waals surface area contributed by atoms with Gasteiger partial charge in [-0.25, -0.2) is 4.79 Å². The van der Waals surface area contributed by atoms with Crippen LogP contribution in [0.15, 0.2) is 29.2 Å². The number of methoxy groups -OCH3 is 1. The first kappa shape index (κ1) is 15.3. The average molecular weight is 285 g/mol. The van der Waals surface area contributed by atoms with Crippen LogP contribution in [0.2, 0.25) is 0 Å². The fourth-order valence-corrected chi connectivity index (χ4v) is 2.31. The van der Waals surface area contributed by atoms with Crippen molar-refractivity contribution in [3.8, 4) is 0 Å². The van der Waals surface area contributed by atoms with Crippen LogP contribution in [0.4, 0.5) is 0 Å². The van der Waals surface area contributed by atoms with Crippen molar-refractivity contribution < 1.29 is 23.6 Å². The molecule has 19 heavy (non-hydrogen) atoms. The first-order valence-corrected chi connectivity index (χ1v) is 6.84. The second kappa shape index (κ2) is 7.65. The lowest BCUT2D eigenvalue weighted by Gasteiger charge is -2.05. The Morgan fingerprint density at radius 3 is 2.79 bits per heavy atom. The van der Waals surface area contributed by atoms with Gasteiger partial charge in [0.1, 0.15) is 5.75 Å². The summed E-state index contributed by atoms with van der Waals surface area (Å²) in [6.07, 6.45) is 0. The first-order chi connectivity index (χ1) is 9.04. The third-order valence-corrected chi connectivity index (χ3v) is 3.54. The van der Waals surface area contributed by atoms with E-state index in [1.165, 1.54) is 31.4 Å². The monoisotopic (exact) mass is 285 g/mol. The summed E-state index contributed by atoms with van der Waals surface area (Å²) in [5, 5.41) is 11.4. The van der Waals surface area contributed by atoms with E-state index in [9.17, 15) is 13.8 Å². The molecule has 0 fully saturated rings. The number of ether oxygens (including phenoxy) is 1. The number of carboxylic acid groups (broad SMARTS) is 1. The van der Waals surface area contributed by atoms with Gasteiger partial charge < -0.3 is 15.2 Å². The molecule has 0 spiro atoms. The number of hydrogen-bond donors (Lipinski definition) is 2. The zero-order valence-corrected chi connectivity index (χ0v) is 11.2. The van der Waals surface area contributed by atoms with Gasteiger partial charge in [-0.3, -0.25) is 9.00 Å². The van der Waals surface area contributed by atoms with Crippen molar-refractivity contribution in [2.75, 3.05) is 26.0 Å². The predicted molar refractivity (Wildman–Crippen MR) is 69.6 cm³/mol. The molecule has 7 heteroatoms. The number of nitrogens with one attached hydrogen (secondary N) is 1. The van der Waals surface area contributed by atoms with E-state index in [2.05, 4.69) is 5.32 Å². The highest BCUT2D eigenvalue weighted by Crippen LogP contribution is 2.10. The van der Waals surface area contributed by atoms with Gasteiger partial charge in [-0.1, -0.05) is 6.07 Å². The number of benzene rings is 1. The maximum atomic E-state index is 11.9. The van der Waals surface area contributed by atoms with Crippen LogP contribution < -0.4 is 5.32 Å². The molecule has 1 atom stereocenters. The second-order valence-electron chi connectivity index (χ2n) is 3.67. The average Bonchev–Trinajstić information content (AvgIpc) is 2.39. The van der Waals surface area contributed by atoms with Gasteiger partial charge in [0.05, 0.1) is 23.0 Å². The van der Waals surface area contributed by atoms with Crippen molar-refractivity contribution in [2.24, 2.45) is 0 Å². The Kier molecular flexibility index (Phi) is 6.17. The molecule has 1 aromatic carbocycles. The van der Waals surface area contributed by atoms with Crippen LogP contribution >= 0.6 is 0 Å². The molecule has 0 saturated carbocycles. The number of rotatable bonds is 7. The molecule has 1 rings (SSSR count). The zero-order valence-electron chi connectivity index (χ0n) is 10.4. The van der Waals surface area contributed by atoms with E-state index in [1.54, 1.807) is 0 Å². The van der Waals surface area contributed by atoms with Crippen LogP contribution in [0.3, 0.4) is 0 Å². The Bertz CT molecular complexity index is 489. The lowest BCUT2D eigenvalue weighted by atomic mass is 10.2. The van der Waals surface area contributed by atoms with Crippen LogP contribution in [0.1, 0.15) is 10.4 Å². The molecular weight excluding hydrogens is 270 g/mol. The van der Waals surface area contributed by atoms with Gasteiger partial charge in [0.25, 0.3) is 0 Å². The summed E-state index contributed by atoms with van der Waals surface area (Å²) in [7, 11) is -0.0463. The fraction of sp³-hybridized carbons (Fsp3) is 0.333. The number of carbonyl (C=O) groups is 2. The quantitative estimate of drug-likeness (QED) is 0.701. The number of carbonyl (C=O) groups excluding carboxylic acids is 1. The topological polar surface area (TPSA) is 92.7 Å². The van der Waals surface area contributed by atoms with E-state index in [0.717, 1.165) is 0 Å². The van der Waals surface area contributed by atoms with Crippen molar-refractivity contribution in [1.29, 1.82) is 0 Å². The molecule has 1 aromatic rings. The molecule has 0 aliphatic heterocycles. The van der Waals surface area contributed by atoms with Gasteiger partial charge in [-0.2, -0.15) is 0 Å². The van der Waals surface area contributed by atoms with Crippen LogP contribution in [-0.2, 0) is 20.3 Å². The lowest BCUT2D eigenvalue weighted by molar-refractivity contribution is -0.118. The summed E-state index contributed by atoms with van der Waals surface area (Å²) in [5.41, 5.74) is 0.0469. The fourth-order valence-electron chi connectivity index (χ4n) is 1.32. The maximum absolute atomic E-state index is 11.9. The molecule has 0 aliphatic carbocycles. The summed E-state index contributed by atoms with van der Waals surface area (Å²) in [6.45, 7) is 0.731. The van der Waals surface area contributed by atoms with E-state index in [0.29, 0.717) is 18.0 Å². The summed E-state index contributed by atoms with van der Waals surface area (Å²) in [4.78, 5) is 22.5. The van der Waals surface area contributed by atoms with Gasteiger partial charge in [-0.15, -0.1) is 0 Å². The Morgan fingerprint density at radius 2 is 2.16 bits per heavy atom. The zero-order chi connectivity index (χ0) is 14.3. The van der Waals surface area contributed by atoms with Crippen molar-refractivity contribution in [3.05, 3.63) is 29.8 Å². The van der Waals surface area contributed by atoms with Gasteiger partial charge in [0.2, 0.25) is 5.91 Å². The molecule has 2 N–H and O–H groups in total. The number of carboxylic acids is 1. The molecule has 1 unspecified atom stereocenters. The van der Waals surface area contributed by atoms with Crippen LogP contribution in [0.25, 0.3) is 0 Å². The maximum Gasteiger partial charge on any atom is 0.335 e. The molecule has 0 saturated heterocycles. The van der Waals surface area contributed by atoms with Gasteiger partial charge in [-0.05, 0) is 18.2 Å². The van der Waals surface area contributed by atoms with Gasteiger partial charge in [0, 0.05) is 18.6 Å². The minimum Gasteiger partial charge on any atom is -0.478 e. The molecule has 6 nitrogen and oxygen atoms in total. The van der Waals surface area contributed by atoms with E-state index < -0.39 is 16.8 Å². The van der Waals surface area contributed by atoms with Crippen LogP contribution in [0.5, 0.6) is 0 Å². The smallest absolute Gasteiger partial charge is 0.335 e. The van der Waals surface area contributed by atoms with Crippen LogP contribution in [0, 0.1) is 0 Å². The predicted octanol–water partition coefficient (Wildman–Crippen LogP) is 0.255. The molecule has 1 amide bonds.